The fourth-order valence-electron chi connectivity index (χ4n) is 2.87. The number of amides is 1. The van der Waals surface area contributed by atoms with Gasteiger partial charge in [-0.15, -0.1) is 12.4 Å². The highest BCUT2D eigenvalue weighted by Gasteiger charge is 2.26. The van der Waals surface area contributed by atoms with E-state index >= 15 is 0 Å². The summed E-state index contributed by atoms with van der Waals surface area (Å²) in [6.45, 7) is 3.00. The van der Waals surface area contributed by atoms with Crippen LogP contribution in [0.25, 0.3) is 10.2 Å². The Hall–Kier alpha value is -2.10. The number of fused-ring (bicyclic) bond motifs is 1. The molecular weight excluding hydrogens is 408 g/mol. The average molecular weight is 430 g/mol. The number of anilines is 1. The van der Waals surface area contributed by atoms with E-state index in [0.717, 1.165) is 29.5 Å². The molecule has 152 valence electrons. The third-order valence-corrected chi connectivity index (χ3v) is 5.21. The summed E-state index contributed by atoms with van der Waals surface area (Å²) >= 11 is 1.10. The maximum Gasteiger partial charge on any atom is 0.278 e. The van der Waals surface area contributed by atoms with Crippen molar-refractivity contribution in [1.29, 1.82) is 0 Å². The van der Waals surface area contributed by atoms with Crippen molar-refractivity contribution in [2.75, 3.05) is 32.1 Å². The number of carbonyl (C=O) groups is 1. The zero-order valence-corrected chi connectivity index (χ0v) is 17.7. The van der Waals surface area contributed by atoms with Gasteiger partial charge in [-0.1, -0.05) is 11.3 Å². The number of benzene rings is 1. The molecule has 3 rings (SSSR count). The van der Waals surface area contributed by atoms with Crippen molar-refractivity contribution in [3.63, 3.8) is 0 Å². The van der Waals surface area contributed by atoms with E-state index in [9.17, 15) is 13.6 Å². The van der Waals surface area contributed by atoms with Crippen LogP contribution in [0.3, 0.4) is 0 Å². The molecule has 0 bridgehead atoms. The van der Waals surface area contributed by atoms with Crippen LogP contribution >= 0.6 is 23.7 Å². The van der Waals surface area contributed by atoms with Gasteiger partial charge in [0.15, 0.2) is 10.9 Å². The predicted molar refractivity (Wildman–Crippen MR) is 110 cm³/mol. The number of nitrogens with zero attached hydrogens (tertiary/aromatic N) is 5. The van der Waals surface area contributed by atoms with Gasteiger partial charge in [0, 0.05) is 19.7 Å². The summed E-state index contributed by atoms with van der Waals surface area (Å²) in [6, 6.07) is 2.03. The first-order valence-corrected chi connectivity index (χ1v) is 9.30. The number of rotatable bonds is 6. The molecule has 0 saturated carbocycles. The lowest BCUT2D eigenvalue weighted by Gasteiger charge is -2.21. The minimum Gasteiger partial charge on any atom is -0.309 e. The normalized spacial score (nSPS) is 11.1. The molecule has 3 aromatic rings. The fourth-order valence-corrected chi connectivity index (χ4v) is 3.90. The Labute approximate surface area is 172 Å². The lowest BCUT2D eigenvalue weighted by molar-refractivity contribution is 0.0976. The quantitative estimate of drug-likeness (QED) is 0.600. The molecule has 0 aliphatic heterocycles. The summed E-state index contributed by atoms with van der Waals surface area (Å²) in [5.74, 6) is -1.65. The second kappa shape index (κ2) is 8.93. The molecule has 1 aromatic carbocycles. The highest BCUT2D eigenvalue weighted by molar-refractivity contribution is 7.22. The molecule has 0 saturated heterocycles. The van der Waals surface area contributed by atoms with Crippen molar-refractivity contribution >= 4 is 45.0 Å². The summed E-state index contributed by atoms with van der Waals surface area (Å²) in [6.07, 6.45) is 2.33. The largest absolute Gasteiger partial charge is 0.309 e. The van der Waals surface area contributed by atoms with Crippen molar-refractivity contribution in [1.82, 2.24) is 19.7 Å². The molecule has 0 aliphatic rings. The summed E-state index contributed by atoms with van der Waals surface area (Å²) in [4.78, 5) is 21.0. The Bertz CT molecular complexity index is 968. The van der Waals surface area contributed by atoms with Gasteiger partial charge in [-0.05, 0) is 45.6 Å². The van der Waals surface area contributed by atoms with Crippen molar-refractivity contribution in [3.8, 4) is 0 Å². The molecule has 2 heterocycles. The highest BCUT2D eigenvalue weighted by Crippen LogP contribution is 2.32. The zero-order valence-electron chi connectivity index (χ0n) is 16.1. The van der Waals surface area contributed by atoms with Crippen LogP contribution in [0.2, 0.25) is 0 Å². The highest BCUT2D eigenvalue weighted by atomic mass is 35.5. The Morgan fingerprint density at radius 3 is 2.57 bits per heavy atom. The van der Waals surface area contributed by atoms with Gasteiger partial charge in [-0.3, -0.25) is 14.4 Å². The van der Waals surface area contributed by atoms with Crippen LogP contribution in [0, 0.1) is 18.6 Å². The number of aromatic nitrogens is 3. The third-order valence-electron chi connectivity index (χ3n) is 4.19. The first kappa shape index (κ1) is 22.2. The summed E-state index contributed by atoms with van der Waals surface area (Å²) in [7, 11) is 5.60. The summed E-state index contributed by atoms with van der Waals surface area (Å²) in [5, 5.41) is 4.47. The molecule has 28 heavy (non-hydrogen) atoms. The van der Waals surface area contributed by atoms with Crippen LogP contribution in [0.5, 0.6) is 0 Å². The smallest absolute Gasteiger partial charge is 0.278 e. The molecule has 0 N–H and O–H groups in total. The van der Waals surface area contributed by atoms with E-state index in [2.05, 4.69) is 10.1 Å². The van der Waals surface area contributed by atoms with Crippen molar-refractivity contribution in [2.45, 2.75) is 13.3 Å². The zero-order chi connectivity index (χ0) is 19.7. The van der Waals surface area contributed by atoms with E-state index in [-0.39, 0.29) is 23.8 Å². The first-order chi connectivity index (χ1) is 12.8. The lowest BCUT2D eigenvalue weighted by atomic mass is 10.2. The molecule has 0 radical (unpaired) electrons. The van der Waals surface area contributed by atoms with Crippen molar-refractivity contribution in [3.05, 3.63) is 41.2 Å². The molecule has 0 aliphatic carbocycles. The lowest BCUT2D eigenvalue weighted by Crippen LogP contribution is -2.35. The van der Waals surface area contributed by atoms with Gasteiger partial charge < -0.3 is 4.90 Å². The van der Waals surface area contributed by atoms with E-state index in [1.54, 1.807) is 13.2 Å². The number of carbonyl (C=O) groups excluding carboxylic acids is 1. The van der Waals surface area contributed by atoms with Crippen LogP contribution in [0.15, 0.2) is 18.3 Å². The number of aryl methyl sites for hydroxylation is 2. The minimum atomic E-state index is -0.732. The molecule has 0 fully saturated rings. The average Bonchev–Trinajstić information content (AvgIpc) is 3.14. The van der Waals surface area contributed by atoms with Crippen molar-refractivity contribution < 1.29 is 13.6 Å². The van der Waals surface area contributed by atoms with E-state index in [1.807, 2.05) is 25.9 Å². The molecular formula is C18H22ClF2N5OS. The summed E-state index contributed by atoms with van der Waals surface area (Å²) < 4.78 is 29.5. The van der Waals surface area contributed by atoms with Gasteiger partial charge in [0.2, 0.25) is 0 Å². The fraction of sp³-hybridized carbons (Fsp3) is 0.389. The monoisotopic (exact) mass is 429 g/mol. The molecule has 1 amide bonds. The van der Waals surface area contributed by atoms with E-state index in [4.69, 9.17) is 0 Å². The molecule has 0 unspecified atom stereocenters. The second-order valence-corrected chi connectivity index (χ2v) is 7.65. The van der Waals surface area contributed by atoms with Gasteiger partial charge >= 0.3 is 0 Å². The number of halogens is 3. The van der Waals surface area contributed by atoms with Crippen LogP contribution in [0.1, 0.15) is 22.5 Å². The minimum absolute atomic E-state index is 0. The Balaban J connectivity index is 0.00000280. The standard InChI is InChI=1S/C18H21F2N5OS.ClH/c1-11-10-21-24(4)16(11)17(26)25(7-5-6-23(2)3)18-22-15-13(20)8-12(19)9-14(15)27-18;/h8-10H,5-7H2,1-4H3;1H. The second-order valence-electron chi connectivity index (χ2n) is 6.64. The van der Waals surface area contributed by atoms with E-state index in [0.29, 0.717) is 28.5 Å². The molecule has 0 atom stereocenters. The van der Waals surface area contributed by atoms with E-state index < -0.39 is 11.6 Å². The van der Waals surface area contributed by atoms with Crippen LogP contribution in [0.4, 0.5) is 13.9 Å². The Morgan fingerprint density at radius 2 is 1.96 bits per heavy atom. The third kappa shape index (κ3) is 4.48. The predicted octanol–water partition coefficient (Wildman–Crippen LogP) is 3.64. The number of hydrogen-bond acceptors (Lipinski definition) is 5. The van der Waals surface area contributed by atoms with Gasteiger partial charge in [0.05, 0.1) is 10.9 Å². The Kier molecular flexibility index (Phi) is 7.08. The van der Waals surface area contributed by atoms with Gasteiger partial charge in [0.1, 0.15) is 17.0 Å². The van der Waals surface area contributed by atoms with Gasteiger partial charge in [-0.25, -0.2) is 13.8 Å². The maximum atomic E-state index is 14.1. The van der Waals surface area contributed by atoms with Gasteiger partial charge in [-0.2, -0.15) is 5.10 Å². The molecule has 6 nitrogen and oxygen atoms in total. The molecule has 10 heteroatoms. The van der Waals surface area contributed by atoms with E-state index in [1.165, 1.54) is 15.6 Å². The SMILES string of the molecule is Cc1cnn(C)c1C(=O)N(CCCN(C)C)c1nc2c(F)cc(F)cc2s1.Cl. The van der Waals surface area contributed by atoms with Crippen LogP contribution in [-0.2, 0) is 7.05 Å². The van der Waals surface area contributed by atoms with Crippen molar-refractivity contribution in [2.24, 2.45) is 7.05 Å². The number of hydrogen-bond donors (Lipinski definition) is 0. The molecule has 2 aromatic heterocycles. The topological polar surface area (TPSA) is 54.3 Å². The number of thiazole rings is 1. The van der Waals surface area contributed by atoms with Crippen LogP contribution in [-0.4, -0.2) is 52.8 Å². The van der Waals surface area contributed by atoms with Crippen LogP contribution < -0.4 is 4.90 Å². The first-order valence-electron chi connectivity index (χ1n) is 8.48. The van der Waals surface area contributed by atoms with Gasteiger partial charge in [0.25, 0.3) is 5.91 Å². The Morgan fingerprint density at radius 1 is 1.25 bits per heavy atom. The maximum absolute atomic E-state index is 14.1. The molecule has 0 spiro atoms. The summed E-state index contributed by atoms with van der Waals surface area (Å²) in [5.41, 5.74) is 1.27.